The molecule has 2 aromatic carbocycles. The highest BCUT2D eigenvalue weighted by molar-refractivity contribution is 7.13. The second-order valence-corrected chi connectivity index (χ2v) is 8.50. The van der Waals surface area contributed by atoms with Gasteiger partial charge in [-0.05, 0) is 35.7 Å². The lowest BCUT2D eigenvalue weighted by molar-refractivity contribution is 0.936. The number of rotatable bonds is 5. The molecule has 0 spiro atoms. The van der Waals surface area contributed by atoms with Gasteiger partial charge in [0.05, 0.1) is 16.3 Å². The zero-order valence-electron chi connectivity index (χ0n) is 17.5. The molecule has 29 heavy (non-hydrogen) atoms. The molecule has 2 aromatic heterocycles. The van der Waals surface area contributed by atoms with Gasteiger partial charge in [0.15, 0.2) is 5.82 Å². The largest absolute Gasteiger partial charge is 0.378 e. The molecular weight excluding hydrogens is 376 g/mol. The number of aromatic nitrogens is 2. The van der Waals surface area contributed by atoms with Crippen LogP contribution >= 0.6 is 11.3 Å². The second kappa shape index (κ2) is 7.76. The van der Waals surface area contributed by atoms with Gasteiger partial charge in [-0.3, -0.25) is 0 Å². The molecule has 0 aliphatic carbocycles. The van der Waals surface area contributed by atoms with E-state index in [9.17, 15) is 0 Å². The van der Waals surface area contributed by atoms with Crippen LogP contribution < -0.4 is 9.80 Å². The Hall–Kier alpha value is -3.05. The summed E-state index contributed by atoms with van der Waals surface area (Å²) in [5, 5.41) is 2.10. The molecule has 0 amide bonds. The molecule has 0 aliphatic rings. The van der Waals surface area contributed by atoms with Crippen LogP contribution in [0.1, 0.15) is 0 Å². The Labute approximate surface area is 176 Å². The van der Waals surface area contributed by atoms with Gasteiger partial charge in [-0.25, -0.2) is 4.98 Å². The minimum absolute atomic E-state index is 0.998. The van der Waals surface area contributed by atoms with Crippen LogP contribution in [0.5, 0.6) is 0 Å². The lowest BCUT2D eigenvalue weighted by atomic mass is 10.0. The van der Waals surface area contributed by atoms with E-state index in [1.807, 2.05) is 0 Å². The summed E-state index contributed by atoms with van der Waals surface area (Å²) >= 11 is 1.72. The van der Waals surface area contributed by atoms with Gasteiger partial charge in [0.2, 0.25) is 0 Å². The zero-order chi connectivity index (χ0) is 20.5. The van der Waals surface area contributed by atoms with Crippen molar-refractivity contribution in [3.05, 3.63) is 66.0 Å². The average molecular weight is 403 g/mol. The van der Waals surface area contributed by atoms with Crippen LogP contribution in [0, 0.1) is 0 Å². The SMILES string of the molecule is CN(C)c1ccc(-c2nc(-c3cccs3)n(C)c2-c2ccc(N(C)C)cc2)cc1. The summed E-state index contributed by atoms with van der Waals surface area (Å²) in [7, 11) is 10.3. The maximum absolute atomic E-state index is 5.08. The van der Waals surface area contributed by atoms with Crippen molar-refractivity contribution in [2.24, 2.45) is 7.05 Å². The molecule has 0 unspecified atom stereocenters. The van der Waals surface area contributed by atoms with Crippen LogP contribution in [0.4, 0.5) is 11.4 Å². The molecule has 0 saturated heterocycles. The van der Waals surface area contributed by atoms with E-state index in [1.54, 1.807) is 11.3 Å². The van der Waals surface area contributed by atoms with Gasteiger partial charge in [-0.15, -0.1) is 11.3 Å². The van der Waals surface area contributed by atoms with Gasteiger partial charge in [-0.2, -0.15) is 0 Å². The molecule has 0 radical (unpaired) electrons. The summed E-state index contributed by atoms with van der Waals surface area (Å²) < 4.78 is 2.21. The number of benzene rings is 2. The molecule has 0 saturated carbocycles. The average Bonchev–Trinajstić information content (AvgIpc) is 3.36. The molecule has 2 heterocycles. The summed E-state index contributed by atoms with van der Waals surface area (Å²) in [6.45, 7) is 0. The molecule has 0 atom stereocenters. The molecule has 4 nitrogen and oxygen atoms in total. The summed E-state index contributed by atoms with van der Waals surface area (Å²) in [6, 6.07) is 21.5. The monoisotopic (exact) mass is 402 g/mol. The van der Waals surface area contributed by atoms with Gasteiger partial charge in [0.1, 0.15) is 0 Å². The summed E-state index contributed by atoms with van der Waals surface area (Å²) in [4.78, 5) is 10.5. The van der Waals surface area contributed by atoms with Gasteiger partial charge in [0.25, 0.3) is 0 Å². The zero-order valence-corrected chi connectivity index (χ0v) is 18.4. The van der Waals surface area contributed by atoms with Crippen molar-refractivity contribution >= 4 is 22.7 Å². The van der Waals surface area contributed by atoms with Crippen LogP contribution in [-0.4, -0.2) is 37.7 Å². The van der Waals surface area contributed by atoms with E-state index in [2.05, 4.69) is 116 Å². The van der Waals surface area contributed by atoms with E-state index in [4.69, 9.17) is 4.98 Å². The van der Waals surface area contributed by atoms with E-state index in [-0.39, 0.29) is 0 Å². The quantitative estimate of drug-likeness (QED) is 0.433. The van der Waals surface area contributed by atoms with Crippen molar-refractivity contribution in [1.82, 2.24) is 9.55 Å². The van der Waals surface area contributed by atoms with E-state index in [0.717, 1.165) is 22.8 Å². The normalized spacial score (nSPS) is 10.9. The maximum Gasteiger partial charge on any atom is 0.151 e. The fraction of sp³-hybridized carbons (Fsp3) is 0.208. The Kier molecular flexibility index (Phi) is 5.16. The second-order valence-electron chi connectivity index (χ2n) is 7.55. The highest BCUT2D eigenvalue weighted by atomic mass is 32.1. The van der Waals surface area contributed by atoms with Gasteiger partial charge in [0, 0.05) is 57.7 Å². The first-order valence-corrected chi connectivity index (χ1v) is 10.5. The van der Waals surface area contributed by atoms with Gasteiger partial charge < -0.3 is 14.4 Å². The van der Waals surface area contributed by atoms with E-state index < -0.39 is 0 Å². The van der Waals surface area contributed by atoms with Crippen LogP contribution in [0.25, 0.3) is 33.2 Å². The summed E-state index contributed by atoms with van der Waals surface area (Å²) in [5.74, 6) is 0.998. The van der Waals surface area contributed by atoms with Gasteiger partial charge in [-0.1, -0.05) is 30.3 Å². The van der Waals surface area contributed by atoms with Crippen LogP contribution in [-0.2, 0) is 7.05 Å². The molecule has 4 rings (SSSR count). The third-order valence-electron chi connectivity index (χ3n) is 5.15. The molecular formula is C24H26N4S. The Morgan fingerprint density at radius 2 is 1.31 bits per heavy atom. The van der Waals surface area contributed by atoms with Crippen molar-refractivity contribution in [1.29, 1.82) is 0 Å². The van der Waals surface area contributed by atoms with Crippen LogP contribution in [0.15, 0.2) is 66.0 Å². The molecule has 0 N–H and O–H groups in total. The Balaban J connectivity index is 1.88. The number of nitrogens with zero attached hydrogens (tertiary/aromatic N) is 4. The number of hydrogen-bond donors (Lipinski definition) is 0. The fourth-order valence-corrected chi connectivity index (χ4v) is 4.24. The molecule has 5 heteroatoms. The minimum atomic E-state index is 0.998. The lowest BCUT2D eigenvalue weighted by Gasteiger charge is -2.14. The first-order valence-electron chi connectivity index (χ1n) is 9.62. The number of thiophene rings is 1. The maximum atomic E-state index is 5.08. The van der Waals surface area contributed by atoms with Crippen molar-refractivity contribution in [2.45, 2.75) is 0 Å². The van der Waals surface area contributed by atoms with E-state index in [1.165, 1.54) is 21.8 Å². The topological polar surface area (TPSA) is 24.3 Å². The minimum Gasteiger partial charge on any atom is -0.378 e. The van der Waals surface area contributed by atoms with Gasteiger partial charge >= 0.3 is 0 Å². The van der Waals surface area contributed by atoms with Crippen molar-refractivity contribution in [3.63, 3.8) is 0 Å². The Bertz CT molecular complexity index is 1090. The van der Waals surface area contributed by atoms with Crippen molar-refractivity contribution in [2.75, 3.05) is 38.0 Å². The predicted molar refractivity (Wildman–Crippen MR) is 126 cm³/mol. The highest BCUT2D eigenvalue weighted by Crippen LogP contribution is 2.37. The van der Waals surface area contributed by atoms with Crippen molar-refractivity contribution < 1.29 is 0 Å². The number of hydrogen-bond acceptors (Lipinski definition) is 4. The Morgan fingerprint density at radius 3 is 1.79 bits per heavy atom. The summed E-state index contributed by atoms with van der Waals surface area (Å²) in [6.07, 6.45) is 0. The molecule has 4 aromatic rings. The van der Waals surface area contributed by atoms with E-state index >= 15 is 0 Å². The third-order valence-corrected chi connectivity index (χ3v) is 6.02. The fourth-order valence-electron chi connectivity index (χ4n) is 3.49. The highest BCUT2D eigenvalue weighted by Gasteiger charge is 2.19. The molecule has 0 fully saturated rings. The standard InChI is InChI=1S/C24H26N4S/c1-26(2)19-12-8-17(9-13-19)22-23(18-10-14-20(15-11-18)27(3)4)28(5)24(25-22)21-7-6-16-29-21/h6-16H,1-5H3. The number of anilines is 2. The van der Waals surface area contributed by atoms with E-state index in [0.29, 0.717) is 0 Å². The molecule has 0 aliphatic heterocycles. The first-order chi connectivity index (χ1) is 14.0. The first kappa shape index (κ1) is 19.3. The lowest BCUT2D eigenvalue weighted by Crippen LogP contribution is -2.08. The predicted octanol–water partition coefficient (Wildman–Crippen LogP) is 5.61. The molecule has 148 valence electrons. The Morgan fingerprint density at radius 1 is 0.759 bits per heavy atom. The third kappa shape index (κ3) is 3.66. The van der Waals surface area contributed by atoms with Crippen molar-refractivity contribution in [3.8, 4) is 33.2 Å². The van der Waals surface area contributed by atoms with Crippen LogP contribution in [0.2, 0.25) is 0 Å². The summed E-state index contributed by atoms with van der Waals surface area (Å²) in [5.41, 5.74) is 6.81. The number of imidazole rings is 1. The van der Waals surface area contributed by atoms with Crippen LogP contribution in [0.3, 0.4) is 0 Å². The molecule has 0 bridgehead atoms. The smallest absolute Gasteiger partial charge is 0.151 e.